The van der Waals surface area contributed by atoms with Gasteiger partial charge in [0.05, 0.1) is 23.0 Å². The first-order valence-corrected chi connectivity index (χ1v) is 7.43. The Labute approximate surface area is 144 Å². The van der Waals surface area contributed by atoms with E-state index in [1.165, 1.54) is 12.1 Å². The minimum atomic E-state index is -0.459. The lowest BCUT2D eigenvalue weighted by atomic mass is 10.1. The third-order valence-electron chi connectivity index (χ3n) is 3.54. The van der Waals surface area contributed by atoms with Crippen LogP contribution < -0.4 is 5.32 Å². The summed E-state index contributed by atoms with van der Waals surface area (Å²) in [7, 11) is 0. The summed E-state index contributed by atoms with van der Waals surface area (Å²) in [5, 5.41) is 7.83. The smallest absolute Gasteiger partial charge is 0.359 e. The second-order valence-electron chi connectivity index (χ2n) is 4.93. The lowest BCUT2D eigenvalue weighted by Crippen LogP contribution is -2.25. The van der Waals surface area contributed by atoms with E-state index in [-0.39, 0.29) is 29.7 Å². The standard InChI is InChI=1S/C15H15ClFN3O2.ClH/c1-2-22-15(21)14-10-8-18-6-5-12(10)20(19-14)13-4-3-9(17)7-11(13)16;/h3-4,7,18H,2,5-6,8H2,1H3;1H. The molecule has 2 aromatic rings. The molecule has 1 N–H and O–H groups in total. The lowest BCUT2D eigenvalue weighted by molar-refractivity contribution is 0.0517. The van der Waals surface area contributed by atoms with Crippen LogP contribution in [-0.2, 0) is 17.7 Å². The first-order chi connectivity index (χ1) is 10.6. The second kappa shape index (κ2) is 7.29. The number of benzene rings is 1. The Bertz CT molecular complexity index is 734. The number of carbonyl (C=O) groups is 1. The Balaban J connectivity index is 0.00000192. The molecule has 0 spiro atoms. The fraction of sp³-hybridized carbons (Fsp3) is 0.333. The summed E-state index contributed by atoms with van der Waals surface area (Å²) in [6, 6.07) is 4.11. The molecule has 8 heteroatoms. The Morgan fingerprint density at radius 2 is 2.30 bits per heavy atom. The van der Waals surface area contributed by atoms with Crippen molar-refractivity contribution in [2.75, 3.05) is 13.2 Å². The zero-order valence-corrected chi connectivity index (χ0v) is 14.0. The third-order valence-corrected chi connectivity index (χ3v) is 3.84. The monoisotopic (exact) mass is 359 g/mol. The van der Waals surface area contributed by atoms with E-state index in [9.17, 15) is 9.18 Å². The van der Waals surface area contributed by atoms with Gasteiger partial charge in [-0.1, -0.05) is 11.6 Å². The number of aromatic nitrogens is 2. The molecule has 0 aliphatic carbocycles. The maximum Gasteiger partial charge on any atom is 0.359 e. The highest BCUT2D eigenvalue weighted by atomic mass is 35.5. The maximum atomic E-state index is 13.2. The van der Waals surface area contributed by atoms with Gasteiger partial charge in [0.2, 0.25) is 0 Å². The van der Waals surface area contributed by atoms with Crippen molar-refractivity contribution in [2.45, 2.75) is 19.9 Å². The summed E-state index contributed by atoms with van der Waals surface area (Å²) in [5.41, 5.74) is 2.54. The average molecular weight is 360 g/mol. The molecule has 0 saturated heterocycles. The zero-order chi connectivity index (χ0) is 15.7. The van der Waals surface area contributed by atoms with Crippen LogP contribution in [0.2, 0.25) is 5.02 Å². The van der Waals surface area contributed by atoms with Gasteiger partial charge >= 0.3 is 5.97 Å². The van der Waals surface area contributed by atoms with Crippen LogP contribution in [0.1, 0.15) is 28.7 Å². The number of nitrogens with one attached hydrogen (secondary N) is 1. The van der Waals surface area contributed by atoms with Crippen molar-refractivity contribution in [2.24, 2.45) is 0 Å². The first kappa shape index (κ1) is 17.7. The number of carbonyl (C=O) groups excluding carboxylic acids is 1. The molecule has 1 aliphatic rings. The van der Waals surface area contributed by atoms with E-state index >= 15 is 0 Å². The number of nitrogens with zero attached hydrogens (tertiary/aromatic N) is 2. The normalized spacial score (nSPS) is 13.2. The molecular formula is C15H16Cl2FN3O2. The Morgan fingerprint density at radius 3 is 3.00 bits per heavy atom. The van der Waals surface area contributed by atoms with Crippen LogP contribution in [0.25, 0.3) is 5.69 Å². The van der Waals surface area contributed by atoms with E-state index in [0.29, 0.717) is 18.7 Å². The van der Waals surface area contributed by atoms with E-state index in [0.717, 1.165) is 17.8 Å². The molecule has 23 heavy (non-hydrogen) atoms. The van der Waals surface area contributed by atoms with Crippen molar-refractivity contribution in [3.63, 3.8) is 0 Å². The van der Waals surface area contributed by atoms with Crippen LogP contribution in [0, 0.1) is 5.82 Å². The van der Waals surface area contributed by atoms with Gasteiger partial charge in [-0.2, -0.15) is 5.10 Å². The second-order valence-corrected chi connectivity index (χ2v) is 5.34. The van der Waals surface area contributed by atoms with Crippen molar-refractivity contribution < 1.29 is 13.9 Å². The van der Waals surface area contributed by atoms with Crippen molar-refractivity contribution >= 4 is 30.0 Å². The molecule has 0 bridgehead atoms. The van der Waals surface area contributed by atoms with Crippen molar-refractivity contribution in [3.8, 4) is 5.69 Å². The summed E-state index contributed by atoms with van der Waals surface area (Å²) in [6.45, 7) is 3.35. The number of rotatable bonds is 3. The van der Waals surface area contributed by atoms with Crippen LogP contribution in [0.4, 0.5) is 4.39 Å². The summed E-state index contributed by atoms with van der Waals surface area (Å²) in [5.74, 6) is -0.874. The molecule has 1 aromatic heterocycles. The Hall–Kier alpha value is -1.63. The molecule has 2 heterocycles. The number of esters is 1. The molecular weight excluding hydrogens is 344 g/mol. The van der Waals surface area contributed by atoms with Gasteiger partial charge in [0.25, 0.3) is 0 Å². The Kier molecular flexibility index (Phi) is 5.62. The molecule has 0 unspecified atom stereocenters. The molecule has 0 radical (unpaired) electrons. The van der Waals surface area contributed by atoms with Crippen LogP contribution in [0.5, 0.6) is 0 Å². The van der Waals surface area contributed by atoms with E-state index < -0.39 is 11.8 Å². The quantitative estimate of drug-likeness (QED) is 0.856. The minimum Gasteiger partial charge on any atom is -0.461 e. The summed E-state index contributed by atoms with van der Waals surface area (Å²) < 4.78 is 19.9. The van der Waals surface area contributed by atoms with E-state index in [1.54, 1.807) is 17.7 Å². The fourth-order valence-corrected chi connectivity index (χ4v) is 2.81. The van der Waals surface area contributed by atoms with Crippen LogP contribution in [0.3, 0.4) is 0 Å². The first-order valence-electron chi connectivity index (χ1n) is 7.06. The molecule has 0 atom stereocenters. The molecule has 0 amide bonds. The summed E-state index contributed by atoms with van der Waals surface area (Å²) in [4.78, 5) is 12.1. The highest BCUT2D eigenvalue weighted by molar-refractivity contribution is 6.32. The van der Waals surface area contributed by atoms with Crippen molar-refractivity contribution in [1.82, 2.24) is 15.1 Å². The predicted molar refractivity (Wildman–Crippen MR) is 87.1 cm³/mol. The molecule has 0 saturated carbocycles. The molecule has 1 aliphatic heterocycles. The van der Waals surface area contributed by atoms with Crippen LogP contribution >= 0.6 is 24.0 Å². The Morgan fingerprint density at radius 1 is 1.52 bits per heavy atom. The number of fused-ring (bicyclic) bond motifs is 1. The van der Waals surface area contributed by atoms with Gasteiger partial charge in [0, 0.05) is 25.1 Å². The lowest BCUT2D eigenvalue weighted by Gasteiger charge is -2.16. The van der Waals surface area contributed by atoms with Gasteiger partial charge in [-0.05, 0) is 25.1 Å². The molecule has 0 fully saturated rings. The van der Waals surface area contributed by atoms with Gasteiger partial charge < -0.3 is 10.1 Å². The number of halogens is 3. The predicted octanol–water partition coefficient (Wildman–Crippen LogP) is 2.91. The average Bonchev–Trinajstić information content (AvgIpc) is 2.87. The SMILES string of the molecule is CCOC(=O)c1nn(-c2ccc(F)cc2Cl)c2c1CNCC2.Cl. The third kappa shape index (κ3) is 3.34. The fourth-order valence-electron chi connectivity index (χ4n) is 2.56. The van der Waals surface area contributed by atoms with E-state index in [2.05, 4.69) is 10.4 Å². The number of ether oxygens (including phenoxy) is 1. The van der Waals surface area contributed by atoms with Gasteiger partial charge in [-0.3, -0.25) is 0 Å². The highest BCUT2D eigenvalue weighted by Gasteiger charge is 2.26. The van der Waals surface area contributed by atoms with Gasteiger partial charge in [0.1, 0.15) is 5.82 Å². The molecule has 124 valence electrons. The van der Waals surface area contributed by atoms with Crippen LogP contribution in [-0.4, -0.2) is 28.9 Å². The van der Waals surface area contributed by atoms with E-state index in [1.807, 2.05) is 0 Å². The molecule has 1 aromatic carbocycles. The van der Waals surface area contributed by atoms with Gasteiger partial charge in [0.15, 0.2) is 5.69 Å². The maximum absolute atomic E-state index is 13.2. The van der Waals surface area contributed by atoms with Crippen molar-refractivity contribution in [3.05, 3.63) is 46.0 Å². The van der Waals surface area contributed by atoms with Gasteiger partial charge in [-0.15, -0.1) is 12.4 Å². The topological polar surface area (TPSA) is 56.1 Å². The van der Waals surface area contributed by atoms with Crippen LogP contribution in [0.15, 0.2) is 18.2 Å². The number of hydrogen-bond acceptors (Lipinski definition) is 4. The minimum absolute atomic E-state index is 0. The zero-order valence-electron chi connectivity index (χ0n) is 12.4. The molecule has 3 rings (SSSR count). The summed E-state index contributed by atoms with van der Waals surface area (Å²) in [6.07, 6.45) is 0.704. The largest absolute Gasteiger partial charge is 0.461 e. The van der Waals surface area contributed by atoms with Crippen molar-refractivity contribution in [1.29, 1.82) is 0 Å². The summed E-state index contributed by atoms with van der Waals surface area (Å²) >= 11 is 6.12. The number of hydrogen-bond donors (Lipinski definition) is 1. The highest BCUT2D eigenvalue weighted by Crippen LogP contribution is 2.27. The van der Waals surface area contributed by atoms with E-state index in [4.69, 9.17) is 16.3 Å². The van der Waals surface area contributed by atoms with Gasteiger partial charge in [-0.25, -0.2) is 13.9 Å². The molecule has 5 nitrogen and oxygen atoms in total.